The molecule has 0 aliphatic heterocycles. The second-order valence-electron chi connectivity index (χ2n) is 3.74. The summed E-state index contributed by atoms with van der Waals surface area (Å²) in [6.07, 6.45) is 0. The predicted molar refractivity (Wildman–Crippen MR) is 69.7 cm³/mol. The summed E-state index contributed by atoms with van der Waals surface area (Å²) in [5.41, 5.74) is 1.04. The number of nitrogens with zero attached hydrogens (tertiary/aromatic N) is 2. The van der Waals surface area contributed by atoms with Gasteiger partial charge in [-0.05, 0) is 11.5 Å². The average molecular weight is 229 g/mol. The number of benzene rings is 2. The van der Waals surface area contributed by atoms with Gasteiger partial charge in [0, 0.05) is 12.4 Å². The molecule has 0 radical (unpaired) electrons. The summed E-state index contributed by atoms with van der Waals surface area (Å²) in [6, 6.07) is 12.5. The van der Waals surface area contributed by atoms with Gasteiger partial charge >= 0.3 is 0 Å². The second kappa shape index (κ2) is 3.43. The molecule has 3 nitrogen and oxygen atoms in total. The normalized spacial score (nSPS) is 11.1. The molecule has 0 bridgehead atoms. The molecule has 3 rings (SSSR count). The smallest absolute Gasteiger partial charge is 0.200 e. The van der Waals surface area contributed by atoms with E-state index in [1.54, 1.807) is 23.4 Å². The Hall–Kier alpha value is -1.65. The summed E-state index contributed by atoms with van der Waals surface area (Å²) < 4.78 is 1.17. The first-order chi connectivity index (χ1) is 7.75. The highest BCUT2D eigenvalue weighted by atomic mass is 32.1. The lowest BCUT2D eigenvalue weighted by molar-refractivity contribution is 1.01. The lowest BCUT2D eigenvalue weighted by Crippen LogP contribution is -2.24. The lowest BCUT2D eigenvalue weighted by Gasteiger charge is -2.04. The van der Waals surface area contributed by atoms with E-state index < -0.39 is 0 Å². The fraction of sp³-hybridized carbons (Fsp3) is 0.0833. The van der Waals surface area contributed by atoms with Gasteiger partial charge in [0.25, 0.3) is 0 Å². The van der Waals surface area contributed by atoms with Crippen molar-refractivity contribution in [3.05, 3.63) is 36.4 Å². The van der Waals surface area contributed by atoms with Crippen LogP contribution in [0.4, 0.5) is 5.13 Å². The second-order valence-corrected chi connectivity index (χ2v) is 4.75. The first-order valence-electron chi connectivity index (χ1n) is 5.02. The fourth-order valence-corrected chi connectivity index (χ4v) is 2.67. The maximum Gasteiger partial charge on any atom is 0.200 e. The Morgan fingerprint density at radius 3 is 2.81 bits per heavy atom. The van der Waals surface area contributed by atoms with Crippen LogP contribution in [0.15, 0.2) is 36.4 Å². The number of thiazole rings is 1. The van der Waals surface area contributed by atoms with Crippen molar-refractivity contribution in [3.63, 3.8) is 0 Å². The molecule has 0 unspecified atom stereocenters. The van der Waals surface area contributed by atoms with Crippen LogP contribution in [0.2, 0.25) is 0 Å². The minimum absolute atomic E-state index is 0.839. The molecule has 0 atom stereocenters. The van der Waals surface area contributed by atoms with E-state index in [9.17, 15) is 0 Å². The van der Waals surface area contributed by atoms with Crippen LogP contribution in [0, 0.1) is 0 Å². The fourth-order valence-electron chi connectivity index (χ4n) is 1.80. The summed E-state index contributed by atoms with van der Waals surface area (Å²) >= 11 is 1.61. The molecule has 16 heavy (non-hydrogen) atoms. The molecule has 4 heteroatoms. The monoisotopic (exact) mass is 229 g/mol. The van der Waals surface area contributed by atoms with Crippen molar-refractivity contribution < 1.29 is 0 Å². The Morgan fingerprint density at radius 2 is 2.00 bits per heavy atom. The Balaban J connectivity index is 2.41. The molecule has 0 saturated carbocycles. The Kier molecular flexibility index (Phi) is 2.05. The van der Waals surface area contributed by atoms with Crippen LogP contribution in [0.25, 0.3) is 21.0 Å². The predicted octanol–water partition coefficient (Wildman–Crippen LogP) is 2.76. The highest BCUT2D eigenvalue weighted by Crippen LogP contribution is 2.32. The molecular weight excluding hydrogens is 218 g/mol. The number of hydrogen-bond donors (Lipinski definition) is 1. The first-order valence-corrected chi connectivity index (χ1v) is 5.84. The summed E-state index contributed by atoms with van der Waals surface area (Å²) in [5, 5.41) is 4.79. The van der Waals surface area contributed by atoms with Crippen molar-refractivity contribution in [1.82, 2.24) is 4.98 Å². The van der Waals surface area contributed by atoms with Gasteiger partial charge in [-0.2, -0.15) is 0 Å². The topological polar surface area (TPSA) is 42.1 Å². The quantitative estimate of drug-likeness (QED) is 0.515. The zero-order valence-corrected chi connectivity index (χ0v) is 9.66. The van der Waals surface area contributed by atoms with Gasteiger partial charge in [-0.3, -0.25) is 5.01 Å². The third-order valence-corrected chi connectivity index (χ3v) is 3.69. The van der Waals surface area contributed by atoms with Crippen LogP contribution in [-0.2, 0) is 0 Å². The van der Waals surface area contributed by atoms with Crippen molar-refractivity contribution in [2.45, 2.75) is 0 Å². The molecule has 1 heterocycles. The standard InChI is InChI=1S/C12H11N3S/c1-15(13)12-14-11-9-5-3-2-4-8(9)6-7-10(11)16-12/h2-7H,13H2,1H3. The Labute approximate surface area is 97.1 Å². The summed E-state index contributed by atoms with van der Waals surface area (Å²) in [6.45, 7) is 0. The molecule has 0 aliphatic carbocycles. The van der Waals surface area contributed by atoms with E-state index in [0.29, 0.717) is 0 Å². The van der Waals surface area contributed by atoms with Crippen molar-refractivity contribution in [3.8, 4) is 0 Å². The largest absolute Gasteiger partial charge is 0.289 e. The maximum absolute atomic E-state index is 5.70. The molecule has 0 aliphatic rings. The molecule has 80 valence electrons. The molecule has 0 spiro atoms. The van der Waals surface area contributed by atoms with Crippen molar-refractivity contribution in [2.75, 3.05) is 12.1 Å². The van der Waals surface area contributed by atoms with E-state index in [1.807, 2.05) is 12.1 Å². The van der Waals surface area contributed by atoms with Gasteiger partial charge in [0.15, 0.2) is 0 Å². The molecule has 2 N–H and O–H groups in total. The third kappa shape index (κ3) is 1.35. The van der Waals surface area contributed by atoms with Crippen LogP contribution in [0.5, 0.6) is 0 Å². The number of hydrazine groups is 1. The van der Waals surface area contributed by atoms with E-state index in [1.165, 1.54) is 15.5 Å². The number of nitrogens with two attached hydrogens (primary N) is 1. The van der Waals surface area contributed by atoms with Gasteiger partial charge in [-0.1, -0.05) is 41.7 Å². The SMILES string of the molecule is CN(N)c1nc2c(ccc3ccccc32)s1. The maximum atomic E-state index is 5.70. The van der Waals surface area contributed by atoms with Gasteiger partial charge in [0.2, 0.25) is 5.13 Å². The minimum atomic E-state index is 0.839. The zero-order chi connectivity index (χ0) is 11.1. The van der Waals surface area contributed by atoms with E-state index in [2.05, 4.69) is 29.2 Å². The molecule has 0 saturated heterocycles. The average Bonchev–Trinajstić information content (AvgIpc) is 2.73. The van der Waals surface area contributed by atoms with Crippen LogP contribution in [0.3, 0.4) is 0 Å². The van der Waals surface area contributed by atoms with Crippen LogP contribution >= 0.6 is 11.3 Å². The number of aromatic nitrogens is 1. The zero-order valence-electron chi connectivity index (χ0n) is 8.84. The molecule has 2 aromatic carbocycles. The minimum Gasteiger partial charge on any atom is -0.289 e. The molecule has 0 fully saturated rings. The van der Waals surface area contributed by atoms with Crippen molar-refractivity contribution in [1.29, 1.82) is 0 Å². The molecular formula is C12H11N3S. The first kappa shape index (κ1) is 9.57. The summed E-state index contributed by atoms with van der Waals surface area (Å²) in [5.74, 6) is 5.70. The highest BCUT2D eigenvalue weighted by molar-refractivity contribution is 7.22. The summed E-state index contributed by atoms with van der Waals surface area (Å²) in [7, 11) is 1.81. The van der Waals surface area contributed by atoms with Crippen molar-refractivity contribution in [2.24, 2.45) is 5.84 Å². The van der Waals surface area contributed by atoms with E-state index in [-0.39, 0.29) is 0 Å². The van der Waals surface area contributed by atoms with Crippen LogP contribution in [-0.4, -0.2) is 12.0 Å². The number of fused-ring (bicyclic) bond motifs is 3. The number of rotatable bonds is 1. The molecule has 1 aromatic heterocycles. The molecule has 0 amide bonds. The highest BCUT2D eigenvalue weighted by Gasteiger charge is 2.08. The van der Waals surface area contributed by atoms with Gasteiger partial charge in [-0.25, -0.2) is 10.8 Å². The van der Waals surface area contributed by atoms with E-state index >= 15 is 0 Å². The number of hydrogen-bond acceptors (Lipinski definition) is 4. The molecule has 3 aromatic rings. The number of anilines is 1. The lowest BCUT2D eigenvalue weighted by atomic mass is 10.1. The van der Waals surface area contributed by atoms with Gasteiger partial charge in [-0.15, -0.1) is 0 Å². The van der Waals surface area contributed by atoms with E-state index in [4.69, 9.17) is 5.84 Å². The Bertz CT molecular complexity index is 657. The Morgan fingerprint density at radius 1 is 1.19 bits per heavy atom. The van der Waals surface area contributed by atoms with Gasteiger partial charge in [0.1, 0.15) is 0 Å². The van der Waals surface area contributed by atoms with Crippen LogP contribution < -0.4 is 10.9 Å². The van der Waals surface area contributed by atoms with E-state index in [0.717, 1.165) is 10.6 Å². The van der Waals surface area contributed by atoms with Gasteiger partial charge < -0.3 is 0 Å². The third-order valence-electron chi connectivity index (χ3n) is 2.57. The van der Waals surface area contributed by atoms with Gasteiger partial charge in [0.05, 0.1) is 10.2 Å². The summed E-state index contributed by atoms with van der Waals surface area (Å²) in [4.78, 5) is 4.56. The van der Waals surface area contributed by atoms with Crippen molar-refractivity contribution >= 4 is 37.5 Å². The van der Waals surface area contributed by atoms with Crippen LogP contribution in [0.1, 0.15) is 0 Å².